The van der Waals surface area contributed by atoms with E-state index in [1.165, 1.54) is 0 Å². The summed E-state index contributed by atoms with van der Waals surface area (Å²) in [5.41, 5.74) is 7.16. The summed E-state index contributed by atoms with van der Waals surface area (Å²) in [6.45, 7) is 0.439. The summed E-state index contributed by atoms with van der Waals surface area (Å²) in [6.07, 6.45) is 1.88. The van der Waals surface area contributed by atoms with Gasteiger partial charge < -0.3 is 11.1 Å². The summed E-state index contributed by atoms with van der Waals surface area (Å²) in [5.74, 6) is 0.388. The minimum Gasteiger partial charge on any atom is -0.398 e. The number of hydrogen-bond donors (Lipinski definition) is 2. The van der Waals surface area contributed by atoms with Gasteiger partial charge >= 0.3 is 0 Å². The number of para-hydroxylation sites is 1. The van der Waals surface area contributed by atoms with Gasteiger partial charge in [0, 0.05) is 35.0 Å². The fraction of sp³-hybridized carbons (Fsp3) is 0.364. The van der Waals surface area contributed by atoms with Crippen molar-refractivity contribution in [3.63, 3.8) is 0 Å². The molecule has 1 amide bonds. The van der Waals surface area contributed by atoms with E-state index in [4.69, 9.17) is 5.73 Å². The Morgan fingerprint density at radius 1 is 1.44 bits per heavy atom. The van der Waals surface area contributed by atoms with Crippen LogP contribution in [-0.2, 0) is 22.0 Å². The van der Waals surface area contributed by atoms with E-state index >= 15 is 0 Å². The van der Waals surface area contributed by atoms with Crippen LogP contribution in [0.2, 0.25) is 0 Å². The van der Waals surface area contributed by atoms with E-state index in [-0.39, 0.29) is 12.3 Å². The predicted molar refractivity (Wildman–Crippen MR) is 66.5 cm³/mol. The van der Waals surface area contributed by atoms with Crippen LogP contribution in [0.25, 0.3) is 0 Å². The fourth-order valence-electron chi connectivity index (χ4n) is 1.26. The van der Waals surface area contributed by atoms with Crippen molar-refractivity contribution in [3.05, 3.63) is 29.8 Å². The summed E-state index contributed by atoms with van der Waals surface area (Å²) in [5, 5.41) is 2.70. The summed E-state index contributed by atoms with van der Waals surface area (Å²) in [6, 6.07) is 7.27. The molecule has 0 radical (unpaired) electrons. The number of nitrogen functional groups attached to an aromatic ring is 1. The third kappa shape index (κ3) is 4.44. The monoisotopic (exact) mass is 240 g/mol. The maximum absolute atomic E-state index is 11.5. The summed E-state index contributed by atoms with van der Waals surface area (Å²) in [4.78, 5) is 11.5. The zero-order valence-electron chi connectivity index (χ0n) is 9.23. The molecule has 0 aliphatic rings. The second-order valence-electron chi connectivity index (χ2n) is 3.50. The molecule has 0 aliphatic carbocycles. The zero-order chi connectivity index (χ0) is 12.0. The van der Waals surface area contributed by atoms with E-state index in [1.807, 2.05) is 18.2 Å². The van der Waals surface area contributed by atoms with E-state index in [9.17, 15) is 9.00 Å². The van der Waals surface area contributed by atoms with Gasteiger partial charge in [0.25, 0.3) is 0 Å². The van der Waals surface area contributed by atoms with Gasteiger partial charge in [0.1, 0.15) is 0 Å². The third-order valence-electron chi connectivity index (χ3n) is 2.12. The molecule has 88 valence electrons. The maximum atomic E-state index is 11.5. The minimum absolute atomic E-state index is 0.0941. The Hall–Kier alpha value is -1.36. The molecule has 1 rings (SSSR count). The zero-order valence-corrected chi connectivity index (χ0v) is 10.0. The molecule has 0 saturated heterocycles. The third-order valence-corrected chi connectivity index (χ3v) is 2.90. The van der Waals surface area contributed by atoms with Gasteiger partial charge in [-0.05, 0) is 11.6 Å². The average molecular weight is 240 g/mol. The maximum Gasteiger partial charge on any atom is 0.224 e. The molecular weight excluding hydrogens is 224 g/mol. The predicted octanol–water partition coefficient (Wildman–Crippen LogP) is 0.306. The molecule has 1 unspecified atom stereocenters. The lowest BCUT2D eigenvalue weighted by molar-refractivity contribution is -0.120. The number of anilines is 1. The number of amides is 1. The second-order valence-corrected chi connectivity index (χ2v) is 5.06. The van der Waals surface area contributed by atoms with Crippen molar-refractivity contribution in [2.45, 2.75) is 6.42 Å². The number of nitrogens with two attached hydrogens (primary N) is 1. The Bertz CT molecular complexity index is 393. The summed E-state index contributed by atoms with van der Waals surface area (Å²) in [7, 11) is -0.872. The number of carbonyl (C=O) groups excluding carboxylic acids is 1. The molecule has 16 heavy (non-hydrogen) atoms. The van der Waals surface area contributed by atoms with Crippen LogP contribution >= 0.6 is 0 Å². The van der Waals surface area contributed by atoms with Crippen LogP contribution in [0.3, 0.4) is 0 Å². The number of nitrogens with one attached hydrogen (secondary N) is 1. The lowest BCUT2D eigenvalue weighted by Gasteiger charge is -2.06. The highest BCUT2D eigenvalue weighted by molar-refractivity contribution is 7.84. The van der Waals surface area contributed by atoms with Crippen LogP contribution < -0.4 is 11.1 Å². The van der Waals surface area contributed by atoms with Crippen LogP contribution in [0.1, 0.15) is 5.56 Å². The van der Waals surface area contributed by atoms with Gasteiger partial charge in [-0.2, -0.15) is 0 Å². The van der Waals surface area contributed by atoms with Gasteiger partial charge in [0.05, 0.1) is 6.42 Å². The normalized spacial score (nSPS) is 12.1. The molecule has 1 atom stereocenters. The molecule has 3 N–H and O–H groups in total. The molecule has 1 aromatic rings. The lowest BCUT2D eigenvalue weighted by atomic mass is 10.1. The van der Waals surface area contributed by atoms with Crippen molar-refractivity contribution in [1.29, 1.82) is 0 Å². The molecule has 1 aromatic carbocycles. The summed E-state index contributed by atoms with van der Waals surface area (Å²) >= 11 is 0. The van der Waals surface area contributed by atoms with Gasteiger partial charge in [-0.1, -0.05) is 18.2 Å². The molecular formula is C11H16N2O2S. The first kappa shape index (κ1) is 12.7. The van der Waals surface area contributed by atoms with Crippen molar-refractivity contribution < 1.29 is 9.00 Å². The van der Waals surface area contributed by atoms with Crippen molar-refractivity contribution in [2.24, 2.45) is 0 Å². The largest absolute Gasteiger partial charge is 0.398 e. The van der Waals surface area contributed by atoms with E-state index in [2.05, 4.69) is 5.32 Å². The van der Waals surface area contributed by atoms with Crippen LogP contribution in [0.5, 0.6) is 0 Å². The van der Waals surface area contributed by atoms with Crippen LogP contribution in [0.15, 0.2) is 24.3 Å². The van der Waals surface area contributed by atoms with Gasteiger partial charge in [0.2, 0.25) is 5.91 Å². The Morgan fingerprint density at radius 2 is 2.12 bits per heavy atom. The summed E-state index contributed by atoms with van der Waals surface area (Å²) < 4.78 is 10.8. The van der Waals surface area contributed by atoms with E-state index in [0.717, 1.165) is 5.56 Å². The first-order valence-electron chi connectivity index (χ1n) is 4.99. The molecule has 0 fully saturated rings. The Morgan fingerprint density at radius 3 is 2.75 bits per heavy atom. The average Bonchev–Trinajstić information content (AvgIpc) is 2.21. The first-order chi connectivity index (χ1) is 7.59. The first-order valence-corrected chi connectivity index (χ1v) is 6.72. The molecule has 0 spiro atoms. The van der Waals surface area contributed by atoms with Crippen LogP contribution in [0.4, 0.5) is 5.69 Å². The highest BCUT2D eigenvalue weighted by Gasteiger charge is 2.05. The van der Waals surface area contributed by atoms with Gasteiger partial charge in [0.15, 0.2) is 0 Å². The fourth-order valence-corrected chi connectivity index (χ4v) is 1.65. The highest BCUT2D eigenvalue weighted by atomic mass is 32.2. The van der Waals surface area contributed by atoms with Crippen molar-refractivity contribution >= 4 is 22.4 Å². The van der Waals surface area contributed by atoms with Gasteiger partial charge in [-0.15, -0.1) is 0 Å². The molecule has 0 heterocycles. The number of benzene rings is 1. The lowest BCUT2D eigenvalue weighted by Crippen LogP contribution is -2.29. The number of hydrogen-bond acceptors (Lipinski definition) is 3. The number of carbonyl (C=O) groups is 1. The van der Waals surface area contributed by atoms with E-state index < -0.39 is 10.8 Å². The molecule has 0 bridgehead atoms. The van der Waals surface area contributed by atoms with Crippen LogP contribution in [0, 0.1) is 0 Å². The smallest absolute Gasteiger partial charge is 0.224 e. The van der Waals surface area contributed by atoms with Crippen LogP contribution in [-0.4, -0.2) is 28.7 Å². The van der Waals surface area contributed by atoms with Crippen molar-refractivity contribution in [1.82, 2.24) is 5.32 Å². The highest BCUT2D eigenvalue weighted by Crippen LogP contribution is 2.10. The topological polar surface area (TPSA) is 72.2 Å². The van der Waals surface area contributed by atoms with E-state index in [1.54, 1.807) is 12.3 Å². The molecule has 4 nitrogen and oxygen atoms in total. The number of rotatable bonds is 5. The molecule has 0 saturated carbocycles. The standard InChI is InChI=1S/C11H16N2O2S/c1-16(15)7-6-13-11(14)8-9-4-2-3-5-10(9)12/h2-5H,6-8,12H2,1H3,(H,13,14). The van der Waals surface area contributed by atoms with E-state index in [0.29, 0.717) is 18.0 Å². The quantitative estimate of drug-likeness (QED) is 0.727. The Labute approximate surface area is 97.7 Å². The second kappa shape index (κ2) is 6.27. The van der Waals surface area contributed by atoms with Crippen molar-refractivity contribution in [3.8, 4) is 0 Å². The Kier molecular flexibility index (Phi) is 4.98. The van der Waals surface area contributed by atoms with Gasteiger partial charge in [-0.25, -0.2) is 0 Å². The minimum atomic E-state index is -0.872. The molecule has 0 aromatic heterocycles. The SMILES string of the molecule is CS(=O)CCNC(=O)Cc1ccccc1N. The van der Waals surface area contributed by atoms with Crippen molar-refractivity contribution in [2.75, 3.05) is 24.3 Å². The molecule has 0 aliphatic heterocycles. The van der Waals surface area contributed by atoms with Gasteiger partial charge in [-0.3, -0.25) is 9.00 Å². The Balaban J connectivity index is 2.40. The molecule has 5 heteroatoms.